The van der Waals surface area contributed by atoms with Crippen LogP contribution in [0.2, 0.25) is 0 Å². The molecule has 0 amide bonds. The van der Waals surface area contributed by atoms with Gasteiger partial charge in [-0.1, -0.05) is 30.3 Å². The van der Waals surface area contributed by atoms with Crippen molar-refractivity contribution in [2.75, 3.05) is 0 Å². The smallest absolute Gasteiger partial charge is 0.132 e. The molecule has 3 heteroatoms. The van der Waals surface area contributed by atoms with E-state index in [4.69, 9.17) is 0 Å². The number of aliphatic hydroxyl groups excluding tert-OH is 1. The molecule has 0 spiro atoms. The van der Waals surface area contributed by atoms with Crippen molar-refractivity contribution in [1.82, 2.24) is 0 Å². The highest BCUT2D eigenvalue weighted by atomic mass is 19.1. The van der Waals surface area contributed by atoms with Crippen molar-refractivity contribution in [2.24, 2.45) is 0 Å². The molecule has 1 atom stereocenters. The Morgan fingerprint density at radius 1 is 1.05 bits per heavy atom. The largest absolute Gasteiger partial charge is 0.384 e. The van der Waals surface area contributed by atoms with Gasteiger partial charge in [-0.15, -0.1) is 0 Å². The van der Waals surface area contributed by atoms with E-state index in [1.165, 1.54) is 24.5 Å². The van der Waals surface area contributed by atoms with Crippen molar-refractivity contribution in [3.8, 4) is 0 Å². The van der Waals surface area contributed by atoms with Crippen LogP contribution in [0.4, 0.5) is 8.78 Å². The van der Waals surface area contributed by atoms with Crippen molar-refractivity contribution in [1.29, 1.82) is 0 Å². The van der Waals surface area contributed by atoms with Gasteiger partial charge in [0, 0.05) is 11.6 Å². The second kappa shape index (κ2) is 4.74. The molecule has 0 aliphatic heterocycles. The number of hydrogen-bond donors (Lipinski definition) is 1. The molecular weight excluding hydrogens is 246 g/mol. The molecule has 0 saturated heterocycles. The minimum absolute atomic E-state index is 0.106. The first kappa shape index (κ1) is 12.3. The van der Waals surface area contributed by atoms with Crippen molar-refractivity contribution in [2.45, 2.75) is 24.9 Å². The quantitative estimate of drug-likeness (QED) is 0.886. The van der Waals surface area contributed by atoms with Crippen molar-refractivity contribution in [3.05, 3.63) is 70.8 Å². The molecule has 0 bridgehead atoms. The third-order valence-electron chi connectivity index (χ3n) is 3.53. The number of benzene rings is 2. The van der Waals surface area contributed by atoms with E-state index in [0.29, 0.717) is 11.5 Å². The van der Waals surface area contributed by atoms with Crippen LogP contribution in [-0.2, 0) is 0 Å². The van der Waals surface area contributed by atoms with Gasteiger partial charge in [0.1, 0.15) is 17.7 Å². The summed E-state index contributed by atoms with van der Waals surface area (Å²) in [5.41, 5.74) is 1.93. The van der Waals surface area contributed by atoms with E-state index in [2.05, 4.69) is 0 Å². The summed E-state index contributed by atoms with van der Waals surface area (Å²) in [5.74, 6) is -0.783. The first-order valence-corrected chi connectivity index (χ1v) is 6.38. The second-order valence-corrected chi connectivity index (χ2v) is 5.01. The van der Waals surface area contributed by atoms with Crippen LogP contribution in [0.5, 0.6) is 0 Å². The van der Waals surface area contributed by atoms with Gasteiger partial charge in [-0.25, -0.2) is 8.78 Å². The Morgan fingerprint density at radius 3 is 2.53 bits per heavy atom. The highest BCUT2D eigenvalue weighted by Crippen LogP contribution is 2.41. The molecule has 0 radical (unpaired) electrons. The summed E-state index contributed by atoms with van der Waals surface area (Å²) in [4.78, 5) is 0. The lowest BCUT2D eigenvalue weighted by Crippen LogP contribution is -2.03. The molecule has 2 aromatic carbocycles. The van der Waals surface area contributed by atoms with Crippen LogP contribution < -0.4 is 0 Å². The van der Waals surface area contributed by atoms with Gasteiger partial charge in [-0.3, -0.25) is 0 Å². The minimum atomic E-state index is -1.06. The first-order chi connectivity index (χ1) is 9.15. The average Bonchev–Trinajstić information content (AvgIpc) is 3.22. The highest BCUT2D eigenvalue weighted by Gasteiger charge is 2.24. The van der Waals surface area contributed by atoms with E-state index >= 15 is 0 Å². The van der Waals surface area contributed by atoms with Crippen LogP contribution in [0.1, 0.15) is 41.6 Å². The van der Waals surface area contributed by atoms with Crippen molar-refractivity contribution >= 4 is 0 Å². The maximum absolute atomic E-state index is 13.7. The molecular formula is C16H14F2O. The third kappa shape index (κ3) is 2.51. The summed E-state index contributed by atoms with van der Waals surface area (Å²) >= 11 is 0. The fourth-order valence-corrected chi connectivity index (χ4v) is 2.30. The molecule has 1 aliphatic rings. The zero-order valence-corrected chi connectivity index (χ0v) is 10.3. The van der Waals surface area contributed by atoms with Gasteiger partial charge in [-0.2, -0.15) is 0 Å². The van der Waals surface area contributed by atoms with Crippen molar-refractivity contribution in [3.63, 3.8) is 0 Å². The number of rotatable bonds is 3. The van der Waals surface area contributed by atoms with Crippen LogP contribution >= 0.6 is 0 Å². The first-order valence-electron chi connectivity index (χ1n) is 6.38. The lowest BCUT2D eigenvalue weighted by molar-refractivity contribution is 0.214. The van der Waals surface area contributed by atoms with E-state index in [0.717, 1.165) is 12.1 Å². The number of halogens is 2. The number of aliphatic hydroxyl groups is 1. The predicted molar refractivity (Wildman–Crippen MR) is 68.8 cm³/mol. The predicted octanol–water partition coefficient (Wildman–Crippen LogP) is 3.92. The van der Waals surface area contributed by atoms with Gasteiger partial charge in [0.05, 0.1) is 0 Å². The topological polar surface area (TPSA) is 20.2 Å². The zero-order valence-electron chi connectivity index (χ0n) is 10.3. The van der Waals surface area contributed by atoms with Gasteiger partial charge in [0.25, 0.3) is 0 Å². The SMILES string of the molecule is OC(c1cccc(C2CC2)c1)c1ccc(F)cc1F. The van der Waals surface area contributed by atoms with E-state index in [9.17, 15) is 13.9 Å². The Hall–Kier alpha value is -1.74. The number of hydrogen-bond acceptors (Lipinski definition) is 1. The van der Waals surface area contributed by atoms with E-state index < -0.39 is 17.7 Å². The van der Waals surface area contributed by atoms with Gasteiger partial charge < -0.3 is 5.11 Å². The maximum Gasteiger partial charge on any atom is 0.132 e. The Morgan fingerprint density at radius 2 is 1.84 bits per heavy atom. The summed E-state index contributed by atoms with van der Waals surface area (Å²) < 4.78 is 26.5. The van der Waals surface area contributed by atoms with E-state index in [1.54, 1.807) is 6.07 Å². The second-order valence-electron chi connectivity index (χ2n) is 5.01. The summed E-state index contributed by atoms with van der Waals surface area (Å²) in [6.07, 6.45) is 1.29. The molecule has 19 heavy (non-hydrogen) atoms. The fraction of sp³-hybridized carbons (Fsp3) is 0.250. The Bertz CT molecular complexity index is 605. The molecule has 98 valence electrons. The monoisotopic (exact) mass is 260 g/mol. The average molecular weight is 260 g/mol. The zero-order chi connectivity index (χ0) is 13.4. The van der Waals surface area contributed by atoms with Gasteiger partial charge in [0.15, 0.2) is 0 Å². The molecule has 1 nitrogen and oxygen atoms in total. The minimum Gasteiger partial charge on any atom is -0.384 e. The molecule has 2 aromatic rings. The lowest BCUT2D eigenvalue weighted by atomic mass is 9.98. The lowest BCUT2D eigenvalue weighted by Gasteiger charge is -2.13. The molecule has 1 saturated carbocycles. The summed E-state index contributed by atoms with van der Waals surface area (Å²) in [6.45, 7) is 0. The van der Waals surface area contributed by atoms with Crippen LogP contribution in [0, 0.1) is 11.6 Å². The van der Waals surface area contributed by atoms with Gasteiger partial charge in [0.2, 0.25) is 0 Å². The van der Waals surface area contributed by atoms with Gasteiger partial charge in [-0.05, 0) is 36.0 Å². The molecule has 1 aliphatic carbocycles. The molecule has 3 rings (SSSR count). The summed E-state index contributed by atoms with van der Waals surface area (Å²) in [6, 6.07) is 10.8. The standard InChI is InChI=1S/C16H14F2O/c17-13-6-7-14(15(18)9-13)16(19)12-3-1-2-11(8-12)10-4-5-10/h1-3,6-10,16,19H,4-5H2. The molecule has 1 N–H and O–H groups in total. The molecule has 1 unspecified atom stereocenters. The molecule has 1 fully saturated rings. The maximum atomic E-state index is 13.7. The van der Waals surface area contributed by atoms with Crippen LogP contribution in [-0.4, -0.2) is 5.11 Å². The normalized spacial score (nSPS) is 16.4. The summed E-state index contributed by atoms with van der Waals surface area (Å²) in [5, 5.41) is 10.2. The fourth-order valence-electron chi connectivity index (χ4n) is 2.30. The van der Waals surface area contributed by atoms with Crippen LogP contribution in [0.3, 0.4) is 0 Å². The highest BCUT2D eigenvalue weighted by molar-refractivity contribution is 5.35. The Balaban J connectivity index is 1.94. The summed E-state index contributed by atoms with van der Waals surface area (Å²) in [7, 11) is 0. The van der Waals surface area contributed by atoms with E-state index in [-0.39, 0.29) is 5.56 Å². The van der Waals surface area contributed by atoms with Crippen LogP contribution in [0.15, 0.2) is 42.5 Å². The van der Waals surface area contributed by atoms with Gasteiger partial charge >= 0.3 is 0 Å². The molecule has 0 heterocycles. The van der Waals surface area contributed by atoms with Crippen molar-refractivity contribution < 1.29 is 13.9 Å². The van der Waals surface area contributed by atoms with Crippen LogP contribution in [0.25, 0.3) is 0 Å². The van der Waals surface area contributed by atoms with E-state index in [1.807, 2.05) is 18.2 Å². The Labute approximate surface area is 110 Å². The Kier molecular flexibility index (Phi) is 3.07. The third-order valence-corrected chi connectivity index (χ3v) is 3.53. The molecule has 0 aromatic heterocycles.